The zero-order valence-electron chi connectivity index (χ0n) is 20.2. The molecule has 2 heterocycles. The van der Waals surface area contributed by atoms with Gasteiger partial charge >= 0.3 is 0 Å². The van der Waals surface area contributed by atoms with Gasteiger partial charge in [0.1, 0.15) is 29.9 Å². The van der Waals surface area contributed by atoms with E-state index in [1.165, 1.54) is 11.2 Å². The summed E-state index contributed by atoms with van der Waals surface area (Å²) in [4.78, 5) is 29.4. The maximum atomic E-state index is 13.0. The van der Waals surface area contributed by atoms with Crippen LogP contribution < -0.4 is 4.74 Å². The Bertz CT molecular complexity index is 1210. The minimum Gasteiger partial charge on any atom is -0.507 e. The van der Waals surface area contributed by atoms with Crippen LogP contribution in [0.2, 0.25) is 0 Å². The van der Waals surface area contributed by atoms with E-state index in [0.717, 1.165) is 17.7 Å². The van der Waals surface area contributed by atoms with Crippen molar-refractivity contribution in [3.63, 3.8) is 0 Å². The van der Waals surface area contributed by atoms with E-state index >= 15 is 0 Å². The number of furan rings is 1. The third kappa shape index (κ3) is 5.30. The van der Waals surface area contributed by atoms with E-state index in [-0.39, 0.29) is 11.3 Å². The molecule has 0 unspecified atom stereocenters. The largest absolute Gasteiger partial charge is 0.507 e. The molecule has 1 saturated heterocycles. The lowest BCUT2D eigenvalue weighted by Crippen LogP contribution is -2.32. The summed E-state index contributed by atoms with van der Waals surface area (Å²) in [6.45, 7) is 3.59. The molecule has 0 aliphatic carbocycles. The number of aliphatic hydroxyl groups excluding tert-OH is 1. The van der Waals surface area contributed by atoms with Crippen LogP contribution in [0.4, 0.5) is 0 Å². The molecule has 1 atom stereocenters. The molecule has 3 aromatic rings. The SMILES string of the molecule is Cc1ccccc1COc1ccc(/C(O)=C2\C(=O)C(=O)N(CCCN(C)C)[C@@H]2c2ccco2)cc1. The van der Waals surface area contributed by atoms with Crippen molar-refractivity contribution in [2.24, 2.45) is 0 Å². The van der Waals surface area contributed by atoms with Crippen molar-refractivity contribution in [2.75, 3.05) is 27.2 Å². The Balaban J connectivity index is 1.59. The number of hydrogen-bond donors (Lipinski definition) is 1. The summed E-state index contributed by atoms with van der Waals surface area (Å²) in [5.74, 6) is -0.505. The second-order valence-corrected chi connectivity index (χ2v) is 8.90. The molecule has 7 heteroatoms. The van der Waals surface area contributed by atoms with Gasteiger partial charge in [0.2, 0.25) is 0 Å². The fraction of sp³-hybridized carbons (Fsp3) is 0.286. The number of ketones is 1. The molecule has 2 aromatic carbocycles. The van der Waals surface area contributed by atoms with Crippen molar-refractivity contribution in [2.45, 2.75) is 26.0 Å². The van der Waals surface area contributed by atoms with Gasteiger partial charge in [-0.2, -0.15) is 0 Å². The van der Waals surface area contributed by atoms with Crippen molar-refractivity contribution < 1.29 is 23.8 Å². The predicted molar refractivity (Wildman–Crippen MR) is 133 cm³/mol. The monoisotopic (exact) mass is 474 g/mol. The highest BCUT2D eigenvalue weighted by atomic mass is 16.5. The van der Waals surface area contributed by atoms with Crippen LogP contribution in [0.25, 0.3) is 5.76 Å². The number of nitrogens with zero attached hydrogens (tertiary/aromatic N) is 2. The van der Waals surface area contributed by atoms with E-state index in [0.29, 0.717) is 36.6 Å². The molecule has 1 N–H and O–H groups in total. The average Bonchev–Trinajstić information content (AvgIpc) is 3.46. The zero-order valence-corrected chi connectivity index (χ0v) is 20.2. The number of likely N-dealkylation sites (tertiary alicyclic amines) is 1. The number of ether oxygens (including phenoxy) is 1. The molecule has 7 nitrogen and oxygen atoms in total. The summed E-state index contributed by atoms with van der Waals surface area (Å²) in [6.07, 6.45) is 2.18. The molecule has 0 spiro atoms. The number of aliphatic hydroxyl groups is 1. The lowest BCUT2D eigenvalue weighted by molar-refractivity contribution is -0.140. The number of carbonyl (C=O) groups is 2. The van der Waals surface area contributed by atoms with Gasteiger partial charge in [-0.1, -0.05) is 24.3 Å². The first kappa shape index (κ1) is 24.3. The van der Waals surface area contributed by atoms with Gasteiger partial charge in [0, 0.05) is 12.1 Å². The van der Waals surface area contributed by atoms with Gasteiger partial charge in [-0.25, -0.2) is 0 Å². The van der Waals surface area contributed by atoms with Gasteiger partial charge in [0.25, 0.3) is 11.7 Å². The van der Waals surface area contributed by atoms with E-state index < -0.39 is 17.7 Å². The minimum absolute atomic E-state index is 0.0309. The molecule has 1 aliphatic heterocycles. The first-order valence-electron chi connectivity index (χ1n) is 11.6. The summed E-state index contributed by atoms with van der Waals surface area (Å²) in [6, 6.07) is 17.5. The molecule has 182 valence electrons. The van der Waals surface area contributed by atoms with Crippen LogP contribution >= 0.6 is 0 Å². The van der Waals surface area contributed by atoms with Gasteiger partial charge in [-0.3, -0.25) is 9.59 Å². The van der Waals surface area contributed by atoms with Crippen LogP contribution in [0.5, 0.6) is 5.75 Å². The summed E-state index contributed by atoms with van der Waals surface area (Å²) in [5.41, 5.74) is 2.70. The van der Waals surface area contributed by atoms with E-state index in [9.17, 15) is 14.7 Å². The molecule has 1 amide bonds. The van der Waals surface area contributed by atoms with Crippen LogP contribution in [0, 0.1) is 6.92 Å². The highest BCUT2D eigenvalue weighted by Crippen LogP contribution is 2.39. The third-order valence-electron chi connectivity index (χ3n) is 6.14. The van der Waals surface area contributed by atoms with Crippen LogP contribution in [0.15, 0.2) is 76.9 Å². The highest BCUT2D eigenvalue weighted by Gasteiger charge is 2.47. The number of rotatable bonds is 9. The summed E-state index contributed by atoms with van der Waals surface area (Å²) >= 11 is 0. The first-order valence-corrected chi connectivity index (χ1v) is 11.6. The van der Waals surface area contributed by atoms with Crippen LogP contribution in [-0.4, -0.2) is 53.8 Å². The second-order valence-electron chi connectivity index (χ2n) is 8.90. The lowest BCUT2D eigenvalue weighted by atomic mass is 9.99. The van der Waals surface area contributed by atoms with Crippen molar-refractivity contribution in [3.8, 4) is 5.75 Å². The normalized spacial score (nSPS) is 17.4. The molecule has 0 bridgehead atoms. The zero-order chi connectivity index (χ0) is 24.9. The molecule has 4 rings (SSSR count). The van der Waals surface area contributed by atoms with Gasteiger partial charge < -0.3 is 24.1 Å². The Hall–Kier alpha value is -3.84. The number of hydrogen-bond acceptors (Lipinski definition) is 6. The number of amides is 1. The van der Waals surface area contributed by atoms with E-state index in [1.807, 2.05) is 50.2 Å². The van der Waals surface area contributed by atoms with Crippen molar-refractivity contribution in [1.82, 2.24) is 9.80 Å². The Morgan fingerprint density at radius 3 is 2.46 bits per heavy atom. The van der Waals surface area contributed by atoms with Crippen molar-refractivity contribution >= 4 is 17.4 Å². The quantitative estimate of drug-likeness (QED) is 0.279. The minimum atomic E-state index is -0.774. The Labute approximate surface area is 205 Å². The lowest BCUT2D eigenvalue weighted by Gasteiger charge is -2.24. The summed E-state index contributed by atoms with van der Waals surface area (Å²) in [7, 11) is 3.90. The van der Waals surface area contributed by atoms with Gasteiger partial charge in [-0.05, 0) is 81.5 Å². The van der Waals surface area contributed by atoms with Crippen LogP contribution in [0.1, 0.15) is 34.9 Å². The molecule has 1 aliphatic rings. The topological polar surface area (TPSA) is 83.2 Å². The van der Waals surface area contributed by atoms with Gasteiger partial charge in [0.05, 0.1) is 11.8 Å². The molecule has 35 heavy (non-hydrogen) atoms. The molecular formula is C28H30N2O5. The molecule has 0 saturated carbocycles. The maximum absolute atomic E-state index is 13.0. The number of Topliss-reactive ketones (excluding diaryl/α,β-unsaturated/α-hetero) is 1. The van der Waals surface area contributed by atoms with Crippen LogP contribution in [-0.2, 0) is 16.2 Å². The molecule has 1 fully saturated rings. The first-order chi connectivity index (χ1) is 16.9. The van der Waals surface area contributed by atoms with E-state index in [1.54, 1.807) is 36.4 Å². The maximum Gasteiger partial charge on any atom is 0.295 e. The van der Waals surface area contributed by atoms with Gasteiger partial charge in [0.15, 0.2) is 0 Å². The predicted octanol–water partition coefficient (Wildman–Crippen LogP) is 4.54. The number of benzene rings is 2. The fourth-order valence-electron chi connectivity index (χ4n) is 4.21. The number of carbonyl (C=O) groups excluding carboxylic acids is 2. The summed E-state index contributed by atoms with van der Waals surface area (Å²) in [5, 5.41) is 11.1. The third-order valence-corrected chi connectivity index (χ3v) is 6.14. The van der Waals surface area contributed by atoms with E-state index in [2.05, 4.69) is 0 Å². The second kappa shape index (κ2) is 10.6. The summed E-state index contributed by atoms with van der Waals surface area (Å²) < 4.78 is 11.5. The standard InChI is InChI=1S/C28H30N2O5/c1-19-8-4-5-9-21(19)18-35-22-13-11-20(12-14-22)26(31)24-25(23-10-6-17-34-23)30(28(33)27(24)32)16-7-15-29(2)3/h4-6,8-14,17,25,31H,7,15-16,18H2,1-3H3/b26-24+/t25-/m1/s1. The van der Waals surface area contributed by atoms with Crippen LogP contribution in [0.3, 0.4) is 0 Å². The highest BCUT2D eigenvalue weighted by molar-refractivity contribution is 6.46. The Morgan fingerprint density at radius 1 is 1.06 bits per heavy atom. The fourth-order valence-corrected chi connectivity index (χ4v) is 4.21. The molecular weight excluding hydrogens is 444 g/mol. The smallest absolute Gasteiger partial charge is 0.295 e. The number of aryl methyl sites for hydroxylation is 1. The molecule has 0 radical (unpaired) electrons. The van der Waals surface area contributed by atoms with Crippen molar-refractivity contribution in [3.05, 3.63) is 95.0 Å². The Morgan fingerprint density at radius 2 is 1.80 bits per heavy atom. The average molecular weight is 475 g/mol. The van der Waals surface area contributed by atoms with Gasteiger partial charge in [-0.15, -0.1) is 0 Å². The Kier molecular flexibility index (Phi) is 7.36. The van der Waals surface area contributed by atoms with Crippen molar-refractivity contribution in [1.29, 1.82) is 0 Å². The molecule has 1 aromatic heterocycles. The van der Waals surface area contributed by atoms with E-state index in [4.69, 9.17) is 9.15 Å².